The molecule has 0 radical (unpaired) electrons. The van der Waals surface area contributed by atoms with Gasteiger partial charge in [0.15, 0.2) is 22.7 Å². The van der Waals surface area contributed by atoms with Crippen LogP contribution in [0.5, 0.6) is 0 Å². The molecule has 7 rings (SSSR count). The second-order valence-electron chi connectivity index (χ2n) is 38.0. The number of rotatable bonds is 57. The number of aliphatic hydroxyl groups is 1. The largest absolute Gasteiger partial charge is 0.466 e. The number of carbonyl (C=O) groups excluding carboxylic acids is 12. The van der Waals surface area contributed by atoms with Crippen molar-refractivity contribution >= 4 is 87.8 Å². The van der Waals surface area contributed by atoms with Crippen molar-refractivity contribution in [2.45, 2.75) is 294 Å². The van der Waals surface area contributed by atoms with Gasteiger partial charge in [0.1, 0.15) is 29.7 Å². The number of imide groups is 2. The Hall–Kier alpha value is -8.93. The highest BCUT2D eigenvalue weighted by Crippen LogP contribution is 2.52. The number of fused-ring (bicyclic) bond motifs is 2. The highest BCUT2D eigenvalue weighted by Gasteiger charge is 2.59. The van der Waals surface area contributed by atoms with Gasteiger partial charge in [0.2, 0.25) is 41.4 Å². The van der Waals surface area contributed by atoms with Crippen LogP contribution in [0.15, 0.2) is 79.2 Å². The lowest BCUT2D eigenvalue weighted by Crippen LogP contribution is -2.44. The number of hydrogen-bond acceptors (Lipinski definition) is 24. The number of nitrogens with one attached hydrogen (secondary N) is 1. The Morgan fingerprint density at radius 1 is 0.543 bits per heavy atom. The molecule has 127 heavy (non-hydrogen) atoms. The van der Waals surface area contributed by atoms with Crippen molar-refractivity contribution in [2.24, 2.45) is 58.2 Å². The summed E-state index contributed by atoms with van der Waals surface area (Å²) in [6.07, 6.45) is 22.9. The molecule has 0 spiro atoms. The molecular weight excluding hydrogens is 1660 g/mol. The first kappa shape index (κ1) is 105. The van der Waals surface area contributed by atoms with Gasteiger partial charge in [-0.2, -0.15) is 0 Å². The zero-order valence-corrected chi connectivity index (χ0v) is 80.8. The summed E-state index contributed by atoms with van der Waals surface area (Å²) in [5.74, 6) is -8.06. The second kappa shape index (κ2) is 50.3. The molecule has 2 N–H and O–H groups in total. The smallest absolute Gasteiger partial charge is 0.334 e. The first-order chi connectivity index (χ1) is 60.2. The van der Waals surface area contributed by atoms with E-state index in [2.05, 4.69) is 59.1 Å². The zero-order valence-electron chi connectivity index (χ0n) is 78.8. The van der Waals surface area contributed by atoms with Crippen LogP contribution in [0.2, 0.25) is 38.3 Å². The van der Waals surface area contributed by atoms with Gasteiger partial charge >= 0.3 is 29.8 Å². The molecule has 2 aromatic heterocycles. The Morgan fingerprint density at radius 2 is 1.02 bits per heavy atom. The number of aromatic nitrogens is 6. The van der Waals surface area contributed by atoms with E-state index in [1.165, 1.54) is 27.8 Å². The summed E-state index contributed by atoms with van der Waals surface area (Å²) < 4.78 is 42.7. The van der Waals surface area contributed by atoms with Gasteiger partial charge in [0, 0.05) is 58.6 Å². The normalized spacial score (nSPS) is 19.9. The number of ether oxygens (including phenoxy) is 6. The molecule has 7 amide bonds. The third kappa shape index (κ3) is 32.3. The van der Waals surface area contributed by atoms with Crippen molar-refractivity contribution in [3.05, 3.63) is 96.1 Å². The molecule has 3 aromatic rings. The number of carbonyl (C=O) groups is 12. The Bertz CT molecular complexity index is 4210. The van der Waals surface area contributed by atoms with Gasteiger partial charge in [-0.15, -0.1) is 10.2 Å². The van der Waals surface area contributed by atoms with Gasteiger partial charge in [-0.3, -0.25) is 57.7 Å². The van der Waals surface area contributed by atoms with Crippen LogP contribution in [0.25, 0.3) is 0 Å². The lowest BCUT2D eigenvalue weighted by Gasteiger charge is -2.34. The summed E-state index contributed by atoms with van der Waals surface area (Å²) in [4.78, 5) is 171. The van der Waals surface area contributed by atoms with Crippen LogP contribution in [-0.4, -0.2) is 227 Å². The molecule has 4 aliphatic rings. The maximum atomic E-state index is 14.7. The molecule has 33 heteroatoms. The van der Waals surface area contributed by atoms with E-state index in [0.29, 0.717) is 102 Å². The van der Waals surface area contributed by atoms with Crippen molar-refractivity contribution in [2.75, 3.05) is 72.4 Å². The number of aliphatic hydroxyl groups excluding tert-OH is 1. The molecule has 2 saturated heterocycles. The molecule has 4 fully saturated rings. The van der Waals surface area contributed by atoms with Gasteiger partial charge in [-0.25, -0.2) is 19.0 Å². The SMILES string of the molecule is CC=CC1CC(/C=C\C2CC(C=CC)C3C(=O)N(CCCCCCN(Cc4cn(C(CC(C)(C)C(=O)OCC)c5ccccc5)nn4)C(=O)CCC(=O)NCCCOC(=O)C(C)O)C(=O)C23)C2C(=O)N(CCCCCCN(Cc3cn(C(CC(C)(C)C(=O)OCC)C(=O)OC(C)(C)C)nn3)C(=O)CCC(=O)OCCOCCC[Si](C)(C)O[Si](C)(C)CCCC)C(=O)C12. The fourth-order valence-electron chi connectivity index (χ4n) is 17.8. The maximum Gasteiger partial charge on any atom is 0.334 e. The molecule has 2 saturated carbocycles. The van der Waals surface area contributed by atoms with Gasteiger partial charge in [0.05, 0.1) is 98.9 Å². The quantitative estimate of drug-likeness (QED) is 0.0132. The topological polar surface area (TPSA) is 376 Å². The molecule has 2 aliphatic carbocycles. The highest BCUT2D eigenvalue weighted by molar-refractivity contribution is 6.84. The summed E-state index contributed by atoms with van der Waals surface area (Å²) in [7, 11) is -3.62. The lowest BCUT2D eigenvalue weighted by molar-refractivity contribution is -0.163. The molecule has 706 valence electrons. The Balaban J connectivity index is 0.953. The fraction of sp³-hybridized carbons (Fsp3) is 0.702. The van der Waals surface area contributed by atoms with Crippen LogP contribution in [0.3, 0.4) is 0 Å². The summed E-state index contributed by atoms with van der Waals surface area (Å²) in [6.45, 7) is 34.4. The highest BCUT2D eigenvalue weighted by atomic mass is 28.4. The molecule has 2 aliphatic heterocycles. The molecule has 0 bridgehead atoms. The Kier molecular flexibility index (Phi) is 41.6. The van der Waals surface area contributed by atoms with Crippen molar-refractivity contribution in [1.82, 2.24) is 54.9 Å². The first-order valence-corrected chi connectivity index (χ1v) is 52.6. The van der Waals surface area contributed by atoms with Crippen molar-refractivity contribution < 1.29 is 95.2 Å². The minimum Gasteiger partial charge on any atom is -0.466 e. The van der Waals surface area contributed by atoms with Crippen LogP contribution in [-0.2, 0) is 103 Å². The molecule has 31 nitrogen and oxygen atoms in total. The Morgan fingerprint density at radius 3 is 1.50 bits per heavy atom. The van der Waals surface area contributed by atoms with Crippen molar-refractivity contribution in [3.63, 3.8) is 0 Å². The summed E-state index contributed by atoms with van der Waals surface area (Å²) in [5.41, 5.74) is -1.16. The van der Waals surface area contributed by atoms with Crippen LogP contribution in [0.4, 0.5) is 0 Å². The first-order valence-electron chi connectivity index (χ1n) is 46.4. The summed E-state index contributed by atoms with van der Waals surface area (Å²) in [5, 5.41) is 29.9. The molecule has 11 atom stereocenters. The average Bonchev–Trinajstić information content (AvgIpc) is 1.59. The number of hydrogen-bond donors (Lipinski definition) is 2. The van der Waals surface area contributed by atoms with Crippen LogP contribution >= 0.6 is 0 Å². The number of allylic oxidation sites excluding steroid dienone is 6. The number of esters is 5. The monoisotopic (exact) mass is 1810 g/mol. The third-order valence-corrected chi connectivity index (χ3v) is 31.7. The van der Waals surface area contributed by atoms with E-state index in [1.807, 2.05) is 94.5 Å². The van der Waals surface area contributed by atoms with Crippen molar-refractivity contribution in [3.8, 4) is 0 Å². The molecule has 4 heterocycles. The average molecular weight is 1810 g/mol. The number of benzene rings is 1. The van der Waals surface area contributed by atoms with Gasteiger partial charge < -0.3 is 52.8 Å². The van der Waals surface area contributed by atoms with Crippen LogP contribution < -0.4 is 5.32 Å². The maximum absolute atomic E-state index is 14.7. The third-order valence-electron chi connectivity index (χ3n) is 24.2. The second-order valence-corrected chi connectivity index (χ2v) is 46.8. The van der Waals surface area contributed by atoms with E-state index in [1.54, 1.807) is 75.3 Å². The molecule has 11 unspecified atom stereocenters. The van der Waals surface area contributed by atoms with E-state index in [4.69, 9.17) is 32.5 Å². The van der Waals surface area contributed by atoms with Gasteiger partial charge in [0.25, 0.3) is 0 Å². The number of unbranched alkanes of at least 4 members (excludes halogenated alkanes) is 7. The minimum atomic E-state index is -1.88. The summed E-state index contributed by atoms with van der Waals surface area (Å²) >= 11 is 0. The van der Waals surface area contributed by atoms with E-state index in [0.717, 1.165) is 30.5 Å². The molecular formula is C94H147N11O20Si2. The number of likely N-dealkylation sites (tertiary alicyclic amines) is 2. The fourth-order valence-corrected chi connectivity index (χ4v) is 26.8. The van der Waals surface area contributed by atoms with E-state index in [-0.39, 0.29) is 175 Å². The minimum absolute atomic E-state index is 0.00189. The number of nitrogens with zero attached hydrogens (tertiary/aromatic N) is 10. The lowest BCUT2D eigenvalue weighted by atomic mass is 9.83. The predicted octanol–water partition coefficient (Wildman–Crippen LogP) is 13.1. The Labute approximate surface area is 754 Å². The van der Waals surface area contributed by atoms with Gasteiger partial charge in [-0.05, 0) is 215 Å². The van der Waals surface area contributed by atoms with Crippen molar-refractivity contribution in [1.29, 1.82) is 0 Å². The standard InChI is InChI=1S/C94H147N11O20Si2/c1-18-23-56-126(14,15)125-127(16,17)57-36-52-119-54-55-122-79(110)46-45-78(109)101(63-73-65-105(99-97-73)75(89(116)124-92(7,8)9)61-94(12,13)91(118)121-22-5)49-32-25-27-34-51-103-85(112)81-69(38-20-3)59-71(83(81)87(103)114)42-41-70-58-68(37-19-2)80-82(70)86(113)102(84(80)111)50-33-26-24-31-48-100(77(108)44-43-76(107)95-47-35-53-123-88(115)66(6)106)62-72-64-104(98-96-72)74(67-39-29-28-30-40-67)60-93(10,11)90(117)120-21-4/h19-20,28-30,37-42,64-66,68-71,74-75,80-83,106H,18,21-27,31-36,43-63H2,1-17H3,(H,95,107)/b37-19?,38-20?,42-41-. The van der Waals surface area contributed by atoms with E-state index < -0.39 is 98.8 Å². The van der Waals surface area contributed by atoms with E-state index >= 15 is 0 Å². The van der Waals surface area contributed by atoms with E-state index in [9.17, 15) is 62.6 Å². The van der Waals surface area contributed by atoms with Crippen LogP contribution in [0.1, 0.15) is 247 Å². The summed E-state index contributed by atoms with van der Waals surface area (Å²) in [6, 6.07) is 10.2. The zero-order chi connectivity index (χ0) is 93.4. The van der Waals surface area contributed by atoms with Crippen LogP contribution in [0, 0.1) is 58.2 Å². The van der Waals surface area contributed by atoms with Gasteiger partial charge in [-0.1, -0.05) is 123 Å². The predicted molar refractivity (Wildman–Crippen MR) is 482 cm³/mol. The number of amides is 7. The molecule has 1 aromatic carbocycles.